The quantitative estimate of drug-likeness (QED) is 0.0946. The van der Waals surface area contributed by atoms with Crippen molar-refractivity contribution >= 4 is 48.0 Å². The second kappa shape index (κ2) is 28.4. The van der Waals surface area contributed by atoms with E-state index in [1.807, 2.05) is 12.1 Å². The van der Waals surface area contributed by atoms with E-state index in [4.69, 9.17) is 0 Å². The van der Waals surface area contributed by atoms with E-state index in [1.165, 1.54) is 91.7 Å². The first-order chi connectivity index (χ1) is 30.2. The van der Waals surface area contributed by atoms with Gasteiger partial charge in [-0.05, 0) is 61.2 Å². The van der Waals surface area contributed by atoms with Crippen molar-refractivity contribution in [3.63, 3.8) is 0 Å². The Kier molecular flexibility index (Phi) is 25.0. The van der Waals surface area contributed by atoms with Crippen molar-refractivity contribution in [1.82, 2.24) is 0 Å². The number of rotatable bonds is 10. The molecule has 4 atom stereocenters. The first-order valence-corrected chi connectivity index (χ1v) is 26.2. The van der Waals surface area contributed by atoms with Gasteiger partial charge < -0.3 is 24.8 Å². The fourth-order valence-corrected chi connectivity index (χ4v) is 15.7. The first-order valence-electron chi connectivity index (χ1n) is 23.3. The number of halogens is 2. The summed E-state index contributed by atoms with van der Waals surface area (Å²) in [5.74, 6) is 0. The van der Waals surface area contributed by atoms with E-state index in [0.717, 1.165) is 35.5 Å². The van der Waals surface area contributed by atoms with E-state index in [2.05, 4.69) is 213 Å². The molecule has 0 spiro atoms. The van der Waals surface area contributed by atoms with Gasteiger partial charge >= 0.3 is 52.4 Å². The minimum Gasteiger partial charge on any atom is -1.00 e. The molecule has 8 aromatic carbocycles. The molecule has 0 radical (unpaired) electrons. The van der Waals surface area contributed by atoms with Gasteiger partial charge in [0.1, 0.15) is 0 Å². The molecule has 2 aliphatic rings. The third kappa shape index (κ3) is 14.0. The number of fused-ring (bicyclic) bond motifs is 8. The molecule has 2 aliphatic carbocycles. The Labute approximate surface area is 451 Å². The molecule has 8 aromatic rings. The first kappa shape index (κ1) is 58.1. The Morgan fingerprint density at radius 2 is 0.758 bits per heavy atom. The molecule has 0 nitrogen and oxygen atoms in total. The smallest absolute Gasteiger partial charge is 1.00 e. The summed E-state index contributed by atoms with van der Waals surface area (Å²) in [5, 5.41) is 8.85. The zero-order chi connectivity index (χ0) is 43.6. The fraction of sp³-hybridized carbons (Fsp3) is 0.300. The van der Waals surface area contributed by atoms with E-state index >= 15 is 0 Å². The van der Waals surface area contributed by atoms with Gasteiger partial charge in [-0.15, -0.1) is 91.8 Å². The molecule has 0 bridgehead atoms. The van der Waals surface area contributed by atoms with Crippen LogP contribution in [0.5, 0.6) is 0 Å². The third-order valence-corrected chi connectivity index (χ3v) is 20.3. The van der Waals surface area contributed by atoms with Crippen LogP contribution in [-0.2, 0) is 65.2 Å². The van der Waals surface area contributed by atoms with Crippen molar-refractivity contribution in [2.24, 2.45) is 0 Å². The van der Waals surface area contributed by atoms with Crippen molar-refractivity contribution in [1.29, 1.82) is 0 Å². The van der Waals surface area contributed by atoms with Crippen LogP contribution in [0, 0.1) is 12.1 Å². The summed E-state index contributed by atoms with van der Waals surface area (Å²) in [7, 11) is -0.0504. The predicted octanol–water partition coefficient (Wildman–Crippen LogP) is 10.6. The van der Waals surface area contributed by atoms with Gasteiger partial charge in [0.05, 0.1) is 0 Å². The Bertz CT molecular complexity index is 2310. The zero-order valence-electron chi connectivity index (χ0n) is 40.2. The van der Waals surface area contributed by atoms with E-state index in [1.54, 1.807) is 10.6 Å². The predicted molar refractivity (Wildman–Crippen MR) is 278 cm³/mol. The summed E-state index contributed by atoms with van der Waals surface area (Å²) < 4.78 is 0. The molecule has 10 rings (SSSR count). The van der Waals surface area contributed by atoms with Gasteiger partial charge in [0.2, 0.25) is 0 Å². The zero-order valence-corrected chi connectivity index (χ0v) is 48.4. The van der Waals surface area contributed by atoms with Crippen LogP contribution in [0.25, 0.3) is 43.8 Å². The Balaban J connectivity index is 0.000000231. The molecule has 66 heavy (non-hydrogen) atoms. The number of hydrogen-bond donors (Lipinski definition) is 0. The molecule has 0 saturated carbocycles. The molecule has 4 unspecified atom stereocenters. The van der Waals surface area contributed by atoms with Gasteiger partial charge in [-0.25, -0.2) is 0 Å². The Hall–Kier alpha value is -2.25. The summed E-state index contributed by atoms with van der Waals surface area (Å²) in [6, 6.07) is 63.4. The summed E-state index contributed by atoms with van der Waals surface area (Å²) in [4.78, 5) is 0. The topological polar surface area (TPSA) is 0 Å². The largest absolute Gasteiger partial charge is 2.00 e. The minimum atomic E-state index is -0.0252. The summed E-state index contributed by atoms with van der Waals surface area (Å²) in [5.41, 5.74) is 14.3. The summed E-state index contributed by atoms with van der Waals surface area (Å²) in [6.45, 7) is 19.0. The third-order valence-electron chi connectivity index (χ3n) is 13.3. The molecule has 0 amide bonds. The SMILES string of the molecule is CCC(C)P(c1cc2ccccc2[cH-]1)C(C)CC.CCC(C)P(c1cc2ccccc2[cH-]1)C(C)CC.[Cl-].[Cl-].[Zr+2].[Zr+2].[c-]1cccc2c1Cc1ccccc1-2.[c-]1cccc2c1Cc1ccccc1-2. The fourth-order valence-electron chi connectivity index (χ4n) is 9.24. The maximum absolute atomic E-state index is 3.30. The van der Waals surface area contributed by atoms with Crippen LogP contribution in [-0.4, -0.2) is 22.6 Å². The van der Waals surface area contributed by atoms with E-state index in [9.17, 15) is 0 Å². The average molecular weight is 1100 g/mol. The second-order valence-corrected chi connectivity index (χ2v) is 23.5. The molecule has 0 aliphatic heterocycles. The van der Waals surface area contributed by atoms with Gasteiger partial charge in [0.15, 0.2) is 0 Å². The van der Waals surface area contributed by atoms with Gasteiger partial charge in [-0.1, -0.05) is 154 Å². The van der Waals surface area contributed by atoms with Gasteiger partial charge in [-0.3, -0.25) is 0 Å². The molecule has 340 valence electrons. The van der Waals surface area contributed by atoms with Crippen LogP contribution >= 0.6 is 15.8 Å². The molecule has 0 heterocycles. The van der Waals surface area contributed by atoms with Crippen molar-refractivity contribution in [2.45, 2.75) is 117 Å². The van der Waals surface area contributed by atoms with Crippen LogP contribution < -0.4 is 35.4 Å². The number of hydrogen-bond acceptors (Lipinski definition) is 0. The van der Waals surface area contributed by atoms with Gasteiger partial charge in [0.25, 0.3) is 0 Å². The van der Waals surface area contributed by atoms with Crippen LogP contribution in [0.2, 0.25) is 0 Å². The summed E-state index contributed by atoms with van der Waals surface area (Å²) >= 11 is 0. The van der Waals surface area contributed by atoms with E-state index in [0.29, 0.717) is 0 Å². The number of benzene rings is 6. The van der Waals surface area contributed by atoms with Crippen LogP contribution in [0.1, 0.15) is 103 Å². The monoisotopic (exact) mass is 1100 g/mol. The van der Waals surface area contributed by atoms with Crippen molar-refractivity contribution in [3.8, 4) is 22.3 Å². The molecular formula is C60H66Cl2P2Zr2-2. The maximum Gasteiger partial charge on any atom is 2.00 e. The van der Waals surface area contributed by atoms with Crippen molar-refractivity contribution in [2.75, 3.05) is 0 Å². The Morgan fingerprint density at radius 1 is 0.439 bits per heavy atom. The maximum atomic E-state index is 3.30. The van der Waals surface area contributed by atoms with Crippen molar-refractivity contribution < 1.29 is 77.2 Å². The molecule has 0 N–H and O–H groups in total. The average Bonchev–Trinajstić information content (AvgIpc) is 4.12. The van der Waals surface area contributed by atoms with Crippen LogP contribution in [0.4, 0.5) is 0 Å². The van der Waals surface area contributed by atoms with Crippen molar-refractivity contribution in [3.05, 3.63) is 192 Å². The summed E-state index contributed by atoms with van der Waals surface area (Å²) in [6.07, 6.45) is 7.25. The molecule has 0 aromatic heterocycles. The standard InChI is InChI=1S/2C17H24P.2C13H9.2ClH.2Zr/c2*1-5-13(3)18(14(4)6-2)17-11-15-9-7-8-10-16(15)12-17;2*1-3-7-12-10(5-1)9-11-6-2-4-8-13(11)12;;;;/h2*7-14H,5-6H2,1-4H3;2*1-5,7-8H,9H2;2*1H;;/q4*-1;;;2*+2/p-2. The second-order valence-electron chi connectivity index (χ2n) is 17.3. The minimum absolute atomic E-state index is 0. The van der Waals surface area contributed by atoms with Crippen LogP contribution in [0.3, 0.4) is 0 Å². The Morgan fingerprint density at radius 3 is 1.11 bits per heavy atom. The van der Waals surface area contributed by atoms with Crippen LogP contribution in [0.15, 0.2) is 158 Å². The van der Waals surface area contributed by atoms with E-state index in [-0.39, 0.29) is 93.1 Å². The normalized spacial score (nSPS) is 13.9. The van der Waals surface area contributed by atoms with Gasteiger partial charge in [0, 0.05) is 0 Å². The van der Waals surface area contributed by atoms with E-state index < -0.39 is 0 Å². The van der Waals surface area contributed by atoms with Gasteiger partial charge in [-0.2, -0.15) is 71.8 Å². The molecule has 0 saturated heterocycles. The molecule has 0 fully saturated rings. The molecule has 6 heteroatoms. The molecular weight excluding hydrogens is 1040 g/mol.